The Hall–Kier alpha value is -8.23. The summed E-state index contributed by atoms with van der Waals surface area (Å²) in [6, 6.07) is 69.7. The van der Waals surface area contributed by atoms with Crippen molar-refractivity contribution < 1.29 is 4.42 Å². The second-order valence-corrected chi connectivity index (χ2v) is 19.3. The van der Waals surface area contributed by atoms with Gasteiger partial charge in [-0.15, -0.1) is 22.7 Å². The minimum atomic E-state index is 0.570. The molecule has 15 rings (SSSR count). The van der Waals surface area contributed by atoms with E-state index in [1.807, 2.05) is 22.7 Å². The van der Waals surface area contributed by atoms with Crippen molar-refractivity contribution in [2.45, 2.75) is 0 Å². The van der Waals surface area contributed by atoms with Crippen LogP contribution in [0.2, 0.25) is 0 Å². The number of nitrogens with zero attached hydrogens (tertiary/aromatic N) is 4. The van der Waals surface area contributed by atoms with Gasteiger partial charge >= 0.3 is 0 Å². The number of benzene rings is 10. The van der Waals surface area contributed by atoms with Gasteiger partial charge in [0.2, 0.25) is 0 Å². The third-order valence-corrected chi connectivity index (χ3v) is 15.7. The lowest BCUT2D eigenvalue weighted by Crippen LogP contribution is -2.01. The number of hydrogen-bond acceptors (Lipinski definition) is 6. The highest BCUT2D eigenvalue weighted by atomic mass is 32.1. The molecule has 0 unspecified atom stereocenters. The molecule has 0 aliphatic carbocycles. The fraction of sp³-hybridized carbons (Fsp3) is 0. The molecule has 7 heteroatoms. The molecule has 5 heterocycles. The summed E-state index contributed by atoms with van der Waals surface area (Å²) in [6.45, 7) is 0. The van der Waals surface area contributed by atoms with Crippen molar-refractivity contribution in [1.82, 2.24) is 19.5 Å². The third kappa shape index (κ3) is 5.29. The van der Waals surface area contributed by atoms with Gasteiger partial charge in [-0.05, 0) is 101 Å². The van der Waals surface area contributed by atoms with Gasteiger partial charge in [-0.2, -0.15) is 0 Å². The van der Waals surface area contributed by atoms with E-state index in [4.69, 9.17) is 19.4 Å². The smallest absolute Gasteiger partial charge is 0.164 e. The molecule has 0 atom stereocenters. The van der Waals surface area contributed by atoms with Crippen LogP contribution in [0, 0.1) is 0 Å². The fourth-order valence-electron chi connectivity index (χ4n) is 10.3. The second-order valence-electron chi connectivity index (χ2n) is 17.1. The topological polar surface area (TPSA) is 56.7 Å². The van der Waals surface area contributed by atoms with E-state index in [1.165, 1.54) is 61.9 Å². The van der Waals surface area contributed by atoms with E-state index in [0.29, 0.717) is 17.5 Å². The Kier molecular flexibility index (Phi) is 7.47. The molecular weight excluding hydrogens is 845 g/mol. The monoisotopic (exact) mass is 876 g/mol. The van der Waals surface area contributed by atoms with Crippen molar-refractivity contribution in [1.29, 1.82) is 0 Å². The first-order chi connectivity index (χ1) is 32.7. The molecule has 66 heavy (non-hydrogen) atoms. The standard InChI is InChI=1S/C59H32N4OS2/c1-2-13-35-30-48-44(27-34(35)12-1)40-15-5-8-18-47(40)63(48)49-31-38(32-50-55(49)43-24-21-33-11-3-4-14-39(33)56(43)64-50)59-61-57(36-22-25-53-45(28-36)41-16-6-9-19-51(41)65-53)60-58(62-59)37-23-26-54-46(29-37)42-17-7-10-20-52(42)66-54/h1-32H. The Morgan fingerprint density at radius 1 is 0.348 bits per heavy atom. The Labute approximate surface area is 384 Å². The number of hydrogen-bond donors (Lipinski definition) is 0. The lowest BCUT2D eigenvalue weighted by molar-refractivity contribution is 0.672. The van der Waals surface area contributed by atoms with Crippen LogP contribution in [0.1, 0.15) is 0 Å². The molecule has 306 valence electrons. The molecule has 0 N–H and O–H groups in total. The lowest BCUT2D eigenvalue weighted by Gasteiger charge is -2.13. The summed E-state index contributed by atoms with van der Waals surface area (Å²) in [4.78, 5) is 16.1. The van der Waals surface area contributed by atoms with Gasteiger partial charge < -0.3 is 8.98 Å². The minimum absolute atomic E-state index is 0.570. The molecule has 5 nitrogen and oxygen atoms in total. The zero-order chi connectivity index (χ0) is 43.0. The van der Waals surface area contributed by atoms with Crippen molar-refractivity contribution >= 4 is 128 Å². The first kappa shape index (κ1) is 36.1. The fourth-order valence-corrected chi connectivity index (χ4v) is 12.5. The molecule has 0 radical (unpaired) electrons. The summed E-state index contributed by atoms with van der Waals surface area (Å²) in [5.74, 6) is 1.80. The van der Waals surface area contributed by atoms with E-state index in [0.717, 1.165) is 66.1 Å². The maximum absolute atomic E-state index is 7.07. The van der Waals surface area contributed by atoms with E-state index in [2.05, 4.69) is 199 Å². The van der Waals surface area contributed by atoms with Crippen molar-refractivity contribution in [2.24, 2.45) is 0 Å². The van der Waals surface area contributed by atoms with Crippen LogP contribution in [0.3, 0.4) is 0 Å². The molecule has 0 saturated carbocycles. The number of aromatic nitrogens is 4. The van der Waals surface area contributed by atoms with Crippen LogP contribution >= 0.6 is 22.7 Å². The predicted octanol–water partition coefficient (Wildman–Crippen LogP) is 16.9. The molecular formula is C59H32N4OS2. The maximum Gasteiger partial charge on any atom is 0.164 e. The van der Waals surface area contributed by atoms with Crippen molar-refractivity contribution in [2.75, 3.05) is 0 Å². The largest absolute Gasteiger partial charge is 0.455 e. The zero-order valence-corrected chi connectivity index (χ0v) is 36.6. The summed E-state index contributed by atoms with van der Waals surface area (Å²) < 4.78 is 14.5. The number of furan rings is 1. The summed E-state index contributed by atoms with van der Waals surface area (Å²) in [7, 11) is 0. The SMILES string of the molecule is c1ccc2cc3c(cc2c1)c1ccccc1n3-c1cc(-c2nc(-c3ccc4sc5ccccc5c4c3)nc(-c3ccc4sc5ccccc5c4c3)n2)cc2oc3c4ccccc4ccc3c12. The number of thiophene rings is 2. The first-order valence-electron chi connectivity index (χ1n) is 22.1. The first-order valence-corrected chi connectivity index (χ1v) is 23.7. The molecule has 0 spiro atoms. The summed E-state index contributed by atoms with van der Waals surface area (Å²) in [6.07, 6.45) is 0. The van der Waals surface area contributed by atoms with Gasteiger partial charge in [-0.1, -0.05) is 109 Å². The van der Waals surface area contributed by atoms with E-state index in [9.17, 15) is 0 Å². The molecule has 0 aliphatic rings. The van der Waals surface area contributed by atoms with Gasteiger partial charge in [0.1, 0.15) is 11.2 Å². The third-order valence-electron chi connectivity index (χ3n) is 13.4. The zero-order valence-electron chi connectivity index (χ0n) is 35.0. The number of para-hydroxylation sites is 1. The molecule has 15 aromatic rings. The van der Waals surface area contributed by atoms with Crippen LogP contribution in [0.5, 0.6) is 0 Å². The minimum Gasteiger partial charge on any atom is -0.455 e. The normalized spacial score (nSPS) is 12.2. The Bertz CT molecular complexity index is 4420. The predicted molar refractivity (Wildman–Crippen MR) is 279 cm³/mol. The summed E-state index contributed by atoms with van der Waals surface area (Å²) in [5.41, 5.74) is 7.56. The highest BCUT2D eigenvalue weighted by Crippen LogP contribution is 2.44. The van der Waals surface area contributed by atoms with E-state index >= 15 is 0 Å². The summed E-state index contributed by atoms with van der Waals surface area (Å²) in [5, 5.41) is 13.9. The van der Waals surface area contributed by atoms with Gasteiger partial charge in [0.25, 0.3) is 0 Å². The van der Waals surface area contributed by atoms with E-state index < -0.39 is 0 Å². The lowest BCUT2D eigenvalue weighted by atomic mass is 10.0. The Morgan fingerprint density at radius 2 is 0.894 bits per heavy atom. The number of rotatable bonds is 4. The molecule has 0 fully saturated rings. The molecule has 0 amide bonds. The van der Waals surface area contributed by atoms with E-state index in [1.54, 1.807) is 0 Å². The number of fused-ring (bicyclic) bond motifs is 15. The van der Waals surface area contributed by atoms with Crippen molar-refractivity contribution in [3.05, 3.63) is 194 Å². The molecule has 0 saturated heterocycles. The van der Waals surface area contributed by atoms with Crippen LogP contribution < -0.4 is 0 Å². The van der Waals surface area contributed by atoms with Crippen molar-refractivity contribution in [3.8, 4) is 39.9 Å². The average molecular weight is 877 g/mol. The Balaban J connectivity index is 1.04. The maximum atomic E-state index is 7.07. The van der Waals surface area contributed by atoms with Crippen LogP contribution in [0.15, 0.2) is 199 Å². The molecule has 5 aromatic heterocycles. The Morgan fingerprint density at radius 3 is 1.58 bits per heavy atom. The van der Waals surface area contributed by atoms with E-state index in [-0.39, 0.29) is 0 Å². The van der Waals surface area contributed by atoms with Gasteiger partial charge in [0.15, 0.2) is 17.5 Å². The highest BCUT2D eigenvalue weighted by Gasteiger charge is 2.23. The van der Waals surface area contributed by atoms with Gasteiger partial charge in [0, 0.05) is 78.6 Å². The highest BCUT2D eigenvalue weighted by molar-refractivity contribution is 7.26. The quantitative estimate of drug-likeness (QED) is 0.177. The van der Waals surface area contributed by atoms with Crippen LogP contribution in [-0.4, -0.2) is 19.5 Å². The van der Waals surface area contributed by atoms with Crippen molar-refractivity contribution in [3.63, 3.8) is 0 Å². The van der Waals surface area contributed by atoms with Crippen LogP contribution in [-0.2, 0) is 0 Å². The van der Waals surface area contributed by atoms with Gasteiger partial charge in [-0.25, -0.2) is 15.0 Å². The molecule has 0 aliphatic heterocycles. The van der Waals surface area contributed by atoms with Gasteiger partial charge in [-0.3, -0.25) is 0 Å². The molecule has 0 bridgehead atoms. The summed E-state index contributed by atoms with van der Waals surface area (Å²) >= 11 is 3.62. The van der Waals surface area contributed by atoms with Crippen LogP contribution in [0.4, 0.5) is 0 Å². The second kappa shape index (κ2) is 13.6. The molecule has 10 aromatic carbocycles. The van der Waals surface area contributed by atoms with Crippen LogP contribution in [0.25, 0.3) is 145 Å². The van der Waals surface area contributed by atoms with Gasteiger partial charge in [0.05, 0.1) is 22.1 Å². The average Bonchev–Trinajstić information content (AvgIpc) is 4.14.